The quantitative estimate of drug-likeness (QED) is 0.471. The van der Waals surface area contributed by atoms with Crippen molar-refractivity contribution in [3.05, 3.63) is 36.7 Å². The van der Waals surface area contributed by atoms with Crippen LogP contribution in [-0.2, 0) is 4.79 Å². The Bertz CT molecular complexity index is 753. The van der Waals surface area contributed by atoms with E-state index in [1.165, 1.54) is 19.4 Å². The van der Waals surface area contributed by atoms with E-state index in [-0.39, 0.29) is 7.33 Å². The number of hydrogen-bond acceptors (Lipinski definition) is 4. The van der Waals surface area contributed by atoms with Crippen molar-refractivity contribution in [1.82, 2.24) is 14.7 Å². The molecule has 6 nitrogen and oxygen atoms in total. The minimum atomic E-state index is -0.0488. The molecule has 1 fully saturated rings. The van der Waals surface area contributed by atoms with Crippen molar-refractivity contribution in [3.8, 4) is 11.4 Å². The number of ether oxygens (including phenoxy) is 1. The van der Waals surface area contributed by atoms with Gasteiger partial charge in [-0.05, 0) is 63.4 Å². The van der Waals surface area contributed by atoms with Crippen molar-refractivity contribution in [2.24, 2.45) is 0 Å². The summed E-state index contributed by atoms with van der Waals surface area (Å²) in [6.07, 6.45) is 8.19. The maximum absolute atomic E-state index is 11.8. The lowest BCUT2D eigenvalue weighted by Crippen LogP contribution is -2.28. The molecule has 2 heterocycles. The zero-order valence-electron chi connectivity index (χ0n) is 16.4. The van der Waals surface area contributed by atoms with E-state index in [0.717, 1.165) is 31.0 Å². The zero-order valence-corrected chi connectivity index (χ0v) is 17.2. The number of rotatable bonds is 10. The van der Waals surface area contributed by atoms with Crippen molar-refractivity contribution in [2.45, 2.75) is 45.1 Å². The van der Waals surface area contributed by atoms with Crippen LogP contribution in [0.1, 0.15) is 40.5 Å². The molecule has 154 valence electrons. The molecule has 0 unspecified atom stereocenters. The number of anilines is 1. The SMILES string of the molecule is C[C@@H]1CCCN1CCCOc1ccc(-n2cc(NC(=O)CCCCl)cn2)cc1.[HH]. The lowest BCUT2D eigenvalue weighted by atomic mass is 10.2. The van der Waals surface area contributed by atoms with Crippen LogP contribution in [0.4, 0.5) is 5.69 Å². The molecule has 1 N–H and O–H groups in total. The zero-order chi connectivity index (χ0) is 19.8. The minimum Gasteiger partial charge on any atom is -0.494 e. The van der Waals surface area contributed by atoms with Crippen LogP contribution >= 0.6 is 11.6 Å². The third kappa shape index (κ3) is 5.97. The normalized spacial score (nSPS) is 17.0. The molecule has 2 aromatic rings. The summed E-state index contributed by atoms with van der Waals surface area (Å²) in [4.78, 5) is 14.3. The summed E-state index contributed by atoms with van der Waals surface area (Å²) < 4.78 is 7.60. The molecule has 0 radical (unpaired) electrons. The molecular weight excluding hydrogens is 376 g/mol. The van der Waals surface area contributed by atoms with Gasteiger partial charge in [0.1, 0.15) is 5.75 Å². The predicted octanol–water partition coefficient (Wildman–Crippen LogP) is 4.33. The highest BCUT2D eigenvalue weighted by molar-refractivity contribution is 6.18. The van der Waals surface area contributed by atoms with Gasteiger partial charge in [-0.25, -0.2) is 4.68 Å². The van der Waals surface area contributed by atoms with Gasteiger partial charge in [-0.1, -0.05) is 0 Å². The van der Waals surface area contributed by atoms with E-state index >= 15 is 0 Å². The first-order valence-electron chi connectivity index (χ1n) is 10.0. The second-order valence-corrected chi connectivity index (χ2v) is 7.62. The van der Waals surface area contributed by atoms with Gasteiger partial charge >= 0.3 is 0 Å². The number of halogens is 1. The average molecular weight is 407 g/mol. The van der Waals surface area contributed by atoms with Crippen LogP contribution in [0.5, 0.6) is 5.75 Å². The standard InChI is InChI=1S/C21H29ClN4O2.H2/c1-17-5-3-12-25(17)13-4-14-28-20-9-7-19(8-10-20)26-16-18(15-23-26)24-21(27)6-2-11-22;/h7-10,15-17H,2-6,11-14H2,1H3,(H,24,27);1H/t17-;/m1./s1. The predicted molar refractivity (Wildman–Crippen MR) is 115 cm³/mol. The van der Waals surface area contributed by atoms with E-state index in [4.69, 9.17) is 16.3 Å². The maximum Gasteiger partial charge on any atom is 0.224 e. The van der Waals surface area contributed by atoms with Gasteiger partial charge in [0.15, 0.2) is 0 Å². The molecule has 1 aliphatic heterocycles. The molecule has 0 aliphatic carbocycles. The van der Waals surface area contributed by atoms with Crippen LogP contribution < -0.4 is 10.1 Å². The molecule has 1 saturated heterocycles. The number of likely N-dealkylation sites (tertiary alicyclic amines) is 1. The van der Waals surface area contributed by atoms with Crippen molar-refractivity contribution in [3.63, 3.8) is 0 Å². The van der Waals surface area contributed by atoms with E-state index < -0.39 is 0 Å². The Morgan fingerprint density at radius 3 is 2.89 bits per heavy atom. The Morgan fingerprint density at radius 1 is 1.36 bits per heavy atom. The van der Waals surface area contributed by atoms with Crippen LogP contribution in [0.3, 0.4) is 0 Å². The average Bonchev–Trinajstić information content (AvgIpc) is 3.33. The molecule has 0 bridgehead atoms. The van der Waals surface area contributed by atoms with Crippen LogP contribution in [0, 0.1) is 0 Å². The third-order valence-electron chi connectivity index (χ3n) is 5.05. The summed E-state index contributed by atoms with van der Waals surface area (Å²) in [7, 11) is 0. The number of aromatic nitrogens is 2. The highest BCUT2D eigenvalue weighted by Crippen LogP contribution is 2.18. The first-order valence-corrected chi connectivity index (χ1v) is 10.6. The Kier molecular flexibility index (Phi) is 7.74. The summed E-state index contributed by atoms with van der Waals surface area (Å²) in [6, 6.07) is 8.54. The molecule has 1 amide bonds. The van der Waals surface area contributed by atoms with Crippen LogP contribution in [0.2, 0.25) is 0 Å². The first kappa shape index (κ1) is 20.7. The van der Waals surface area contributed by atoms with Crippen molar-refractivity contribution in [1.29, 1.82) is 0 Å². The topological polar surface area (TPSA) is 59.4 Å². The molecule has 3 rings (SSSR count). The fourth-order valence-corrected chi connectivity index (χ4v) is 3.59. The summed E-state index contributed by atoms with van der Waals surface area (Å²) >= 11 is 5.61. The number of amides is 1. The molecule has 0 spiro atoms. The number of carbonyl (C=O) groups is 1. The minimum absolute atomic E-state index is 0. The fourth-order valence-electron chi connectivity index (χ4n) is 3.46. The number of carbonyl (C=O) groups excluding carboxylic acids is 1. The van der Waals surface area contributed by atoms with Gasteiger partial charge in [0, 0.05) is 26.3 Å². The summed E-state index contributed by atoms with van der Waals surface area (Å²) in [5.74, 6) is 1.30. The van der Waals surface area contributed by atoms with Crippen molar-refractivity contribution in [2.75, 3.05) is 30.9 Å². The van der Waals surface area contributed by atoms with Gasteiger partial charge < -0.3 is 15.0 Å². The molecule has 0 saturated carbocycles. The summed E-state index contributed by atoms with van der Waals surface area (Å²) in [6.45, 7) is 5.35. The molecular formula is C21H31ClN4O2. The van der Waals surface area contributed by atoms with Gasteiger partial charge in [0.25, 0.3) is 0 Å². The molecule has 7 heteroatoms. The third-order valence-corrected chi connectivity index (χ3v) is 5.32. The number of alkyl halides is 1. The van der Waals surface area contributed by atoms with E-state index in [1.54, 1.807) is 17.1 Å². The molecule has 1 aromatic carbocycles. The number of benzene rings is 1. The summed E-state index contributed by atoms with van der Waals surface area (Å²) in [5, 5.41) is 7.13. The Morgan fingerprint density at radius 2 is 2.18 bits per heavy atom. The first-order chi connectivity index (χ1) is 13.7. The number of hydrogen-bond donors (Lipinski definition) is 1. The van der Waals surface area contributed by atoms with Gasteiger partial charge in [0.2, 0.25) is 5.91 Å². The molecule has 28 heavy (non-hydrogen) atoms. The van der Waals surface area contributed by atoms with Crippen LogP contribution in [0.15, 0.2) is 36.7 Å². The Hall–Kier alpha value is -2.05. The fraction of sp³-hybridized carbons (Fsp3) is 0.524. The summed E-state index contributed by atoms with van der Waals surface area (Å²) in [5.41, 5.74) is 1.59. The van der Waals surface area contributed by atoms with Crippen molar-refractivity contribution >= 4 is 23.2 Å². The second kappa shape index (κ2) is 10.5. The van der Waals surface area contributed by atoms with E-state index in [9.17, 15) is 4.79 Å². The lowest BCUT2D eigenvalue weighted by molar-refractivity contribution is -0.116. The largest absolute Gasteiger partial charge is 0.494 e. The van der Waals surface area contributed by atoms with E-state index in [0.29, 0.717) is 30.5 Å². The van der Waals surface area contributed by atoms with Gasteiger partial charge in [-0.2, -0.15) is 5.10 Å². The molecule has 1 aromatic heterocycles. The Labute approximate surface area is 173 Å². The highest BCUT2D eigenvalue weighted by atomic mass is 35.5. The van der Waals surface area contributed by atoms with Gasteiger partial charge in [-0.3, -0.25) is 4.79 Å². The van der Waals surface area contributed by atoms with Gasteiger partial charge in [0.05, 0.1) is 30.4 Å². The van der Waals surface area contributed by atoms with E-state index in [2.05, 4.69) is 22.2 Å². The number of nitrogens with zero attached hydrogens (tertiary/aromatic N) is 3. The van der Waals surface area contributed by atoms with Crippen LogP contribution in [-0.4, -0.2) is 52.2 Å². The van der Waals surface area contributed by atoms with Gasteiger partial charge in [-0.15, -0.1) is 11.6 Å². The van der Waals surface area contributed by atoms with Crippen LogP contribution in [0.25, 0.3) is 5.69 Å². The monoisotopic (exact) mass is 406 g/mol. The molecule has 1 aliphatic rings. The number of nitrogens with one attached hydrogen (secondary N) is 1. The molecule has 1 atom stereocenters. The maximum atomic E-state index is 11.8. The second-order valence-electron chi connectivity index (χ2n) is 7.24. The van der Waals surface area contributed by atoms with Crippen molar-refractivity contribution < 1.29 is 11.0 Å². The smallest absolute Gasteiger partial charge is 0.224 e. The highest BCUT2D eigenvalue weighted by Gasteiger charge is 2.19. The lowest BCUT2D eigenvalue weighted by Gasteiger charge is -2.20. The Balaban J connectivity index is 0.00000300. The van der Waals surface area contributed by atoms with E-state index in [1.807, 2.05) is 24.3 Å².